The third kappa shape index (κ3) is 3.90. The molecule has 3 heteroatoms. The van der Waals surface area contributed by atoms with E-state index in [9.17, 15) is 0 Å². The van der Waals surface area contributed by atoms with Crippen LogP contribution in [0.25, 0.3) is 0 Å². The van der Waals surface area contributed by atoms with Gasteiger partial charge in [-0.15, -0.1) is 0 Å². The van der Waals surface area contributed by atoms with Crippen molar-refractivity contribution in [2.24, 2.45) is 0 Å². The number of rotatable bonds is 4. The first-order chi connectivity index (χ1) is 6.18. The molecule has 0 aliphatic heterocycles. The maximum Gasteiger partial charge on any atom is 0.126 e. The quantitative estimate of drug-likeness (QED) is 0.740. The normalized spacial score (nSPS) is 15.0. The highest BCUT2D eigenvalue weighted by Gasteiger charge is 2.05. The van der Waals surface area contributed by atoms with Crippen LogP contribution in [0.4, 0.5) is 5.82 Å². The lowest BCUT2D eigenvalue weighted by Gasteiger charge is -2.15. The predicted octanol–water partition coefficient (Wildman–Crippen LogP) is 1.65. The molecule has 1 aromatic rings. The molecule has 13 heavy (non-hydrogen) atoms. The molecule has 0 spiro atoms. The van der Waals surface area contributed by atoms with Crippen LogP contribution in [0.1, 0.15) is 20.3 Å². The molecule has 2 unspecified atom stereocenters. The number of aliphatic hydroxyl groups excluding tert-OH is 1. The Morgan fingerprint density at radius 2 is 2.23 bits per heavy atom. The third-order valence-corrected chi connectivity index (χ3v) is 1.75. The second-order valence-corrected chi connectivity index (χ2v) is 3.35. The van der Waals surface area contributed by atoms with Crippen LogP contribution in [0.2, 0.25) is 0 Å². The van der Waals surface area contributed by atoms with E-state index >= 15 is 0 Å². The zero-order valence-corrected chi connectivity index (χ0v) is 8.07. The van der Waals surface area contributed by atoms with E-state index in [1.807, 2.05) is 25.1 Å². The van der Waals surface area contributed by atoms with E-state index in [2.05, 4.69) is 10.3 Å². The van der Waals surface area contributed by atoms with Gasteiger partial charge >= 0.3 is 0 Å². The van der Waals surface area contributed by atoms with Gasteiger partial charge in [0, 0.05) is 12.2 Å². The summed E-state index contributed by atoms with van der Waals surface area (Å²) in [6.45, 7) is 3.82. The first kappa shape index (κ1) is 9.99. The molecule has 2 N–H and O–H groups in total. The zero-order chi connectivity index (χ0) is 9.68. The number of pyridine rings is 1. The molecule has 0 aromatic carbocycles. The highest BCUT2D eigenvalue weighted by Crippen LogP contribution is 2.06. The number of anilines is 1. The van der Waals surface area contributed by atoms with Gasteiger partial charge in [0.15, 0.2) is 0 Å². The first-order valence-corrected chi connectivity index (χ1v) is 4.54. The van der Waals surface area contributed by atoms with E-state index in [0.29, 0.717) is 0 Å². The van der Waals surface area contributed by atoms with Gasteiger partial charge in [-0.1, -0.05) is 6.07 Å². The van der Waals surface area contributed by atoms with Gasteiger partial charge in [-0.2, -0.15) is 0 Å². The summed E-state index contributed by atoms with van der Waals surface area (Å²) in [5.41, 5.74) is 0. The van der Waals surface area contributed by atoms with Crippen LogP contribution in [-0.2, 0) is 0 Å². The molecule has 1 aromatic heterocycles. The lowest BCUT2D eigenvalue weighted by molar-refractivity contribution is 0.179. The van der Waals surface area contributed by atoms with Crippen LogP contribution in [0.5, 0.6) is 0 Å². The minimum atomic E-state index is -0.272. The minimum absolute atomic E-state index is 0.245. The molecule has 0 radical (unpaired) electrons. The Kier molecular flexibility index (Phi) is 3.71. The highest BCUT2D eigenvalue weighted by atomic mass is 16.3. The lowest BCUT2D eigenvalue weighted by atomic mass is 10.1. The second kappa shape index (κ2) is 4.82. The lowest BCUT2D eigenvalue weighted by Crippen LogP contribution is -2.21. The highest BCUT2D eigenvalue weighted by molar-refractivity contribution is 5.34. The fourth-order valence-electron chi connectivity index (χ4n) is 1.27. The van der Waals surface area contributed by atoms with Crippen molar-refractivity contribution >= 4 is 5.82 Å². The van der Waals surface area contributed by atoms with Crippen molar-refractivity contribution in [3.05, 3.63) is 24.4 Å². The predicted molar refractivity (Wildman–Crippen MR) is 53.6 cm³/mol. The summed E-state index contributed by atoms with van der Waals surface area (Å²) >= 11 is 0. The van der Waals surface area contributed by atoms with Crippen molar-refractivity contribution in [1.82, 2.24) is 4.98 Å². The summed E-state index contributed by atoms with van der Waals surface area (Å²) < 4.78 is 0. The van der Waals surface area contributed by atoms with Gasteiger partial charge in [0.2, 0.25) is 0 Å². The molecule has 2 atom stereocenters. The van der Waals surface area contributed by atoms with Crippen molar-refractivity contribution in [3.63, 3.8) is 0 Å². The van der Waals surface area contributed by atoms with Crippen LogP contribution in [-0.4, -0.2) is 22.2 Å². The van der Waals surface area contributed by atoms with Gasteiger partial charge in [-0.25, -0.2) is 4.98 Å². The van der Waals surface area contributed by atoms with Crippen molar-refractivity contribution in [3.8, 4) is 0 Å². The average molecular weight is 180 g/mol. The SMILES string of the molecule is CC(O)CC(C)Nc1ccccn1. The molecule has 0 aliphatic carbocycles. The van der Waals surface area contributed by atoms with Crippen LogP contribution in [0, 0.1) is 0 Å². The van der Waals surface area contributed by atoms with E-state index in [1.54, 1.807) is 13.1 Å². The summed E-state index contributed by atoms with van der Waals surface area (Å²) in [5.74, 6) is 0.857. The van der Waals surface area contributed by atoms with E-state index in [1.165, 1.54) is 0 Å². The Morgan fingerprint density at radius 1 is 1.46 bits per heavy atom. The zero-order valence-electron chi connectivity index (χ0n) is 8.07. The van der Waals surface area contributed by atoms with Gasteiger partial charge in [-0.3, -0.25) is 0 Å². The topological polar surface area (TPSA) is 45.1 Å². The second-order valence-electron chi connectivity index (χ2n) is 3.35. The van der Waals surface area contributed by atoms with E-state index < -0.39 is 0 Å². The van der Waals surface area contributed by atoms with Crippen LogP contribution in [0.15, 0.2) is 24.4 Å². The maximum atomic E-state index is 9.14. The third-order valence-electron chi connectivity index (χ3n) is 1.75. The summed E-state index contributed by atoms with van der Waals surface area (Å²) in [6, 6.07) is 5.97. The Morgan fingerprint density at radius 3 is 2.77 bits per heavy atom. The largest absolute Gasteiger partial charge is 0.393 e. The summed E-state index contributed by atoms with van der Waals surface area (Å²) in [4.78, 5) is 4.13. The van der Waals surface area contributed by atoms with Gasteiger partial charge < -0.3 is 10.4 Å². The summed E-state index contributed by atoms with van der Waals surface area (Å²) in [7, 11) is 0. The molecule has 1 heterocycles. The van der Waals surface area contributed by atoms with Crippen molar-refractivity contribution < 1.29 is 5.11 Å². The molecule has 3 nitrogen and oxygen atoms in total. The Labute approximate surface area is 78.8 Å². The molecule has 0 bridgehead atoms. The van der Waals surface area contributed by atoms with Crippen LogP contribution >= 0.6 is 0 Å². The molecule has 0 aliphatic rings. The van der Waals surface area contributed by atoms with Gasteiger partial charge in [0.25, 0.3) is 0 Å². The number of nitrogens with one attached hydrogen (secondary N) is 1. The molecule has 0 saturated carbocycles. The standard InChI is InChI=1S/C10H16N2O/c1-8(7-9(2)13)12-10-5-3-4-6-11-10/h3-6,8-9,13H,7H2,1-2H3,(H,11,12). The average Bonchev–Trinajstić information content (AvgIpc) is 2.04. The number of hydrogen-bond acceptors (Lipinski definition) is 3. The molecular formula is C10H16N2O. The van der Waals surface area contributed by atoms with Crippen molar-refractivity contribution in [2.75, 3.05) is 5.32 Å². The molecule has 0 amide bonds. The molecule has 1 rings (SSSR count). The summed E-state index contributed by atoms with van der Waals surface area (Å²) in [5, 5.41) is 12.3. The fraction of sp³-hybridized carbons (Fsp3) is 0.500. The summed E-state index contributed by atoms with van der Waals surface area (Å²) in [6.07, 6.45) is 2.21. The fourth-order valence-corrected chi connectivity index (χ4v) is 1.27. The monoisotopic (exact) mass is 180 g/mol. The van der Waals surface area contributed by atoms with Gasteiger partial charge in [-0.05, 0) is 32.4 Å². The van der Waals surface area contributed by atoms with Crippen molar-refractivity contribution in [1.29, 1.82) is 0 Å². The molecule has 72 valence electrons. The molecule has 0 saturated heterocycles. The first-order valence-electron chi connectivity index (χ1n) is 4.54. The van der Waals surface area contributed by atoms with Crippen LogP contribution < -0.4 is 5.32 Å². The number of hydrogen-bond donors (Lipinski definition) is 2. The maximum absolute atomic E-state index is 9.14. The minimum Gasteiger partial charge on any atom is -0.393 e. The molecular weight excluding hydrogens is 164 g/mol. The Hall–Kier alpha value is -1.09. The van der Waals surface area contributed by atoms with E-state index in [0.717, 1.165) is 12.2 Å². The number of aromatic nitrogens is 1. The van der Waals surface area contributed by atoms with E-state index in [4.69, 9.17) is 5.11 Å². The number of nitrogens with zero attached hydrogens (tertiary/aromatic N) is 1. The van der Waals surface area contributed by atoms with Crippen LogP contribution in [0.3, 0.4) is 0 Å². The smallest absolute Gasteiger partial charge is 0.126 e. The van der Waals surface area contributed by atoms with Crippen molar-refractivity contribution in [2.45, 2.75) is 32.4 Å². The Balaban J connectivity index is 2.41. The van der Waals surface area contributed by atoms with E-state index in [-0.39, 0.29) is 12.1 Å². The number of aliphatic hydroxyl groups is 1. The molecule has 0 fully saturated rings. The Bertz CT molecular complexity index is 236. The van der Waals surface area contributed by atoms with Gasteiger partial charge in [0.1, 0.15) is 5.82 Å². The van der Waals surface area contributed by atoms with Gasteiger partial charge in [0.05, 0.1) is 6.10 Å².